The van der Waals surface area contributed by atoms with Crippen LogP contribution in [0, 0.1) is 0 Å². The molecule has 11 heavy (non-hydrogen) atoms. The minimum atomic E-state index is -3.60. The minimum Gasteiger partial charge on any atom is -0.478 e. The molecule has 0 spiro atoms. The van der Waals surface area contributed by atoms with Crippen LogP contribution >= 0.6 is 0 Å². The van der Waals surface area contributed by atoms with Gasteiger partial charge in [-0.2, -0.15) is 8.42 Å². The second-order valence-electron chi connectivity index (χ2n) is 1.88. The molecular formula is C5H8O5S. The van der Waals surface area contributed by atoms with Crippen molar-refractivity contribution in [3.63, 3.8) is 0 Å². The van der Waals surface area contributed by atoms with E-state index in [9.17, 15) is 13.2 Å². The molecule has 0 aliphatic heterocycles. The van der Waals surface area contributed by atoms with Crippen LogP contribution in [0.1, 0.15) is 6.92 Å². The summed E-state index contributed by atoms with van der Waals surface area (Å²) in [6.45, 7) is 1.25. The van der Waals surface area contributed by atoms with Crippen molar-refractivity contribution in [3.8, 4) is 0 Å². The van der Waals surface area contributed by atoms with E-state index in [2.05, 4.69) is 4.18 Å². The number of carboxylic acid groups (broad SMARTS) is 1. The molecular weight excluding hydrogens is 172 g/mol. The highest BCUT2D eigenvalue weighted by atomic mass is 32.2. The highest BCUT2D eigenvalue weighted by Gasteiger charge is 2.03. The summed E-state index contributed by atoms with van der Waals surface area (Å²) in [5.74, 6) is -1.41. The lowest BCUT2D eigenvalue weighted by molar-refractivity contribution is -0.131. The molecule has 0 saturated heterocycles. The normalized spacial score (nSPS) is 12.7. The Balaban J connectivity index is 4.31. The van der Waals surface area contributed by atoms with Crippen molar-refractivity contribution in [3.05, 3.63) is 11.8 Å². The van der Waals surface area contributed by atoms with E-state index in [1.807, 2.05) is 0 Å². The molecule has 0 radical (unpaired) electrons. The highest BCUT2D eigenvalue weighted by molar-refractivity contribution is 7.86. The molecule has 0 aliphatic carbocycles. The quantitative estimate of drug-likeness (QED) is 0.374. The number of allylic oxidation sites excluding steroid dienone is 1. The summed E-state index contributed by atoms with van der Waals surface area (Å²) >= 11 is 0. The first-order valence-electron chi connectivity index (χ1n) is 2.62. The Kier molecular flexibility index (Phi) is 3.06. The number of carboxylic acids is 1. The molecule has 5 nitrogen and oxygen atoms in total. The number of hydrogen-bond acceptors (Lipinski definition) is 4. The monoisotopic (exact) mass is 180 g/mol. The summed E-state index contributed by atoms with van der Waals surface area (Å²) < 4.78 is 24.9. The zero-order valence-electron chi connectivity index (χ0n) is 6.07. The molecule has 0 aromatic carbocycles. The zero-order valence-corrected chi connectivity index (χ0v) is 6.88. The Labute approximate surface area is 64.4 Å². The molecule has 0 saturated carbocycles. The van der Waals surface area contributed by atoms with Gasteiger partial charge in [0.25, 0.3) is 0 Å². The van der Waals surface area contributed by atoms with Crippen molar-refractivity contribution in [2.75, 3.05) is 6.26 Å². The van der Waals surface area contributed by atoms with Gasteiger partial charge in [0.15, 0.2) is 0 Å². The first-order chi connectivity index (χ1) is 4.81. The maximum atomic E-state index is 10.4. The Bertz CT molecular complexity index is 273. The van der Waals surface area contributed by atoms with Crippen LogP contribution in [0.2, 0.25) is 0 Å². The fourth-order valence-electron chi connectivity index (χ4n) is 0.437. The van der Waals surface area contributed by atoms with Gasteiger partial charge in [-0.05, 0) is 6.92 Å². The topological polar surface area (TPSA) is 80.7 Å². The van der Waals surface area contributed by atoms with Crippen molar-refractivity contribution in [1.82, 2.24) is 0 Å². The SMILES string of the molecule is CC(=CC(=O)O)OS(C)(=O)=O. The van der Waals surface area contributed by atoms with Gasteiger partial charge >= 0.3 is 16.1 Å². The van der Waals surface area contributed by atoms with Crippen LogP contribution in [-0.4, -0.2) is 25.7 Å². The molecule has 0 fully saturated rings. The van der Waals surface area contributed by atoms with Gasteiger partial charge in [0.2, 0.25) is 0 Å². The molecule has 0 rings (SSSR count). The predicted octanol–water partition coefficient (Wildman–Crippen LogP) is -0.0490. The average molecular weight is 180 g/mol. The van der Waals surface area contributed by atoms with E-state index in [4.69, 9.17) is 5.11 Å². The van der Waals surface area contributed by atoms with Crippen LogP contribution < -0.4 is 0 Å². The molecule has 0 aliphatic rings. The van der Waals surface area contributed by atoms with Crippen molar-refractivity contribution in [2.24, 2.45) is 0 Å². The summed E-state index contributed by atoms with van der Waals surface area (Å²) in [4.78, 5) is 9.94. The van der Waals surface area contributed by atoms with Crippen molar-refractivity contribution in [1.29, 1.82) is 0 Å². The van der Waals surface area contributed by atoms with Crippen molar-refractivity contribution >= 4 is 16.1 Å². The van der Waals surface area contributed by atoms with Gasteiger partial charge in [0.05, 0.1) is 12.3 Å². The lowest BCUT2D eigenvalue weighted by atomic mass is 10.5. The largest absolute Gasteiger partial charge is 0.478 e. The molecule has 0 unspecified atom stereocenters. The van der Waals surface area contributed by atoms with E-state index in [-0.39, 0.29) is 5.76 Å². The molecule has 0 amide bonds. The molecule has 0 aromatic heterocycles. The molecule has 64 valence electrons. The lowest BCUT2D eigenvalue weighted by Crippen LogP contribution is -2.02. The van der Waals surface area contributed by atoms with Crippen LogP contribution in [0.25, 0.3) is 0 Å². The van der Waals surface area contributed by atoms with Gasteiger partial charge in [0, 0.05) is 0 Å². The van der Waals surface area contributed by atoms with Crippen LogP contribution in [0.5, 0.6) is 0 Å². The summed E-state index contributed by atoms with van der Waals surface area (Å²) in [6.07, 6.45) is 1.51. The molecule has 1 N–H and O–H groups in total. The van der Waals surface area contributed by atoms with Crippen molar-refractivity contribution < 1.29 is 22.5 Å². The van der Waals surface area contributed by atoms with E-state index in [1.165, 1.54) is 6.92 Å². The first kappa shape index (κ1) is 9.96. The van der Waals surface area contributed by atoms with E-state index >= 15 is 0 Å². The number of aliphatic carboxylic acids is 1. The van der Waals surface area contributed by atoms with Gasteiger partial charge in [-0.15, -0.1) is 0 Å². The van der Waals surface area contributed by atoms with E-state index in [1.54, 1.807) is 0 Å². The van der Waals surface area contributed by atoms with Gasteiger partial charge in [-0.1, -0.05) is 0 Å². The first-order valence-corrected chi connectivity index (χ1v) is 4.43. The Hall–Kier alpha value is -1.04. The molecule has 0 heterocycles. The zero-order chi connectivity index (χ0) is 9.07. The number of hydrogen-bond donors (Lipinski definition) is 1. The standard InChI is InChI=1S/C5H8O5S/c1-4(3-5(6)7)10-11(2,8)9/h3H,1-2H3,(H,6,7). The third-order valence-electron chi connectivity index (χ3n) is 0.610. The van der Waals surface area contributed by atoms with Crippen molar-refractivity contribution in [2.45, 2.75) is 6.92 Å². The Morgan fingerprint density at radius 2 is 2.00 bits per heavy atom. The van der Waals surface area contributed by atoms with Gasteiger partial charge in [0.1, 0.15) is 5.76 Å². The fourth-order valence-corrected chi connectivity index (χ4v) is 0.962. The van der Waals surface area contributed by atoms with Crippen LogP contribution in [-0.2, 0) is 19.1 Å². The fraction of sp³-hybridized carbons (Fsp3) is 0.400. The molecule has 0 aromatic rings. The molecule has 6 heteroatoms. The third-order valence-corrected chi connectivity index (χ3v) is 1.18. The van der Waals surface area contributed by atoms with E-state index in [0.29, 0.717) is 6.08 Å². The summed E-state index contributed by atoms with van der Waals surface area (Å²) in [5.41, 5.74) is 0. The number of rotatable bonds is 3. The van der Waals surface area contributed by atoms with E-state index in [0.717, 1.165) is 6.26 Å². The summed E-state index contributed by atoms with van der Waals surface area (Å²) in [7, 11) is -3.60. The smallest absolute Gasteiger partial charge is 0.331 e. The Morgan fingerprint density at radius 1 is 1.55 bits per heavy atom. The summed E-state index contributed by atoms with van der Waals surface area (Å²) in [5, 5.41) is 8.13. The third kappa shape index (κ3) is 6.85. The second-order valence-corrected chi connectivity index (χ2v) is 3.46. The molecule has 0 atom stereocenters. The van der Waals surface area contributed by atoms with Crippen LogP contribution in [0.15, 0.2) is 11.8 Å². The molecule has 0 bridgehead atoms. The highest BCUT2D eigenvalue weighted by Crippen LogP contribution is 1.99. The second kappa shape index (κ2) is 3.38. The number of carbonyl (C=O) groups is 1. The van der Waals surface area contributed by atoms with Gasteiger partial charge < -0.3 is 9.29 Å². The maximum Gasteiger partial charge on any atom is 0.331 e. The van der Waals surface area contributed by atoms with Gasteiger partial charge in [-0.3, -0.25) is 0 Å². The van der Waals surface area contributed by atoms with Crippen LogP contribution in [0.3, 0.4) is 0 Å². The maximum absolute atomic E-state index is 10.4. The minimum absolute atomic E-state index is 0.167. The Morgan fingerprint density at radius 3 is 2.27 bits per heavy atom. The van der Waals surface area contributed by atoms with E-state index < -0.39 is 16.1 Å². The summed E-state index contributed by atoms with van der Waals surface area (Å²) in [6, 6.07) is 0. The average Bonchev–Trinajstić information content (AvgIpc) is 1.53. The predicted molar refractivity (Wildman–Crippen MR) is 37.3 cm³/mol. The van der Waals surface area contributed by atoms with Crippen LogP contribution in [0.4, 0.5) is 0 Å². The lowest BCUT2D eigenvalue weighted by Gasteiger charge is -1.99. The van der Waals surface area contributed by atoms with Gasteiger partial charge in [-0.25, -0.2) is 4.79 Å².